The molecule has 4 nitrogen and oxygen atoms in total. The Morgan fingerprint density at radius 2 is 2.15 bits per heavy atom. The van der Waals surface area contributed by atoms with E-state index in [1.54, 1.807) is 0 Å². The molecule has 2 aromatic rings. The van der Waals surface area contributed by atoms with Crippen LogP contribution in [0.3, 0.4) is 0 Å². The number of nitrogens with one attached hydrogen (secondary N) is 1. The van der Waals surface area contributed by atoms with Crippen molar-refractivity contribution < 1.29 is 4.52 Å². The zero-order valence-corrected chi connectivity index (χ0v) is 13.6. The van der Waals surface area contributed by atoms with E-state index in [0.29, 0.717) is 17.8 Å². The first-order valence-electron chi connectivity index (χ1n) is 6.94. The smallest absolute Gasteiger partial charge is 0.231 e. The molecule has 0 aliphatic rings. The van der Waals surface area contributed by atoms with Crippen LogP contribution in [0.5, 0.6) is 0 Å². The first-order valence-corrected chi connectivity index (χ1v) is 7.74. The lowest BCUT2D eigenvalue weighted by Gasteiger charge is -2.17. The number of aromatic nitrogens is 2. The van der Waals surface area contributed by atoms with E-state index in [4.69, 9.17) is 4.52 Å². The first kappa shape index (κ1) is 15.2. The van der Waals surface area contributed by atoms with Gasteiger partial charge in [0.2, 0.25) is 11.7 Å². The Labute approximate surface area is 128 Å². The molecule has 2 atom stereocenters. The lowest BCUT2D eigenvalue weighted by atomic mass is 10.0. The second-order valence-electron chi connectivity index (χ2n) is 5.00. The molecular formula is C15H20BrN3O. The Morgan fingerprint density at radius 3 is 2.85 bits per heavy atom. The van der Waals surface area contributed by atoms with Crippen LogP contribution in [0.1, 0.15) is 39.0 Å². The molecule has 0 spiro atoms. The number of benzene rings is 1. The van der Waals surface area contributed by atoms with E-state index >= 15 is 0 Å². The zero-order valence-electron chi connectivity index (χ0n) is 12.1. The molecule has 1 aromatic heterocycles. The van der Waals surface area contributed by atoms with Crippen molar-refractivity contribution in [3.05, 3.63) is 34.6 Å². The third kappa shape index (κ3) is 3.67. The molecule has 2 unspecified atom stereocenters. The molecule has 0 fully saturated rings. The average molecular weight is 338 g/mol. The number of nitrogens with zero attached hydrogens (tertiary/aromatic N) is 2. The summed E-state index contributed by atoms with van der Waals surface area (Å²) < 4.78 is 6.41. The maximum absolute atomic E-state index is 5.41. The molecule has 0 aliphatic heterocycles. The minimum Gasteiger partial charge on any atom is -0.339 e. The van der Waals surface area contributed by atoms with Gasteiger partial charge < -0.3 is 9.84 Å². The molecule has 0 radical (unpaired) electrons. The van der Waals surface area contributed by atoms with E-state index in [1.807, 2.05) is 24.3 Å². The number of hydrogen-bond acceptors (Lipinski definition) is 4. The minimum absolute atomic E-state index is 0.190. The average Bonchev–Trinajstić information content (AvgIpc) is 2.93. The van der Waals surface area contributed by atoms with Crippen molar-refractivity contribution in [3.63, 3.8) is 0 Å². The van der Waals surface area contributed by atoms with Crippen LogP contribution >= 0.6 is 15.9 Å². The minimum atomic E-state index is 0.190. The summed E-state index contributed by atoms with van der Waals surface area (Å²) in [6.07, 6.45) is 1.12. The van der Waals surface area contributed by atoms with Gasteiger partial charge >= 0.3 is 0 Å². The maximum atomic E-state index is 5.41. The largest absolute Gasteiger partial charge is 0.339 e. The molecule has 1 heterocycles. The van der Waals surface area contributed by atoms with Crippen LogP contribution in [0.25, 0.3) is 11.4 Å². The number of hydrogen-bond donors (Lipinski definition) is 1. The topological polar surface area (TPSA) is 51.0 Å². The quantitative estimate of drug-likeness (QED) is 0.865. The Bertz CT molecular complexity index is 556. The van der Waals surface area contributed by atoms with Gasteiger partial charge in [0.1, 0.15) is 0 Å². The van der Waals surface area contributed by atoms with Crippen LogP contribution in [0, 0.1) is 0 Å². The van der Waals surface area contributed by atoms with Gasteiger partial charge in [-0.2, -0.15) is 4.98 Å². The van der Waals surface area contributed by atoms with Gasteiger partial charge in [-0.15, -0.1) is 0 Å². The van der Waals surface area contributed by atoms with Crippen molar-refractivity contribution in [2.24, 2.45) is 0 Å². The lowest BCUT2D eigenvalue weighted by Crippen LogP contribution is -2.31. The number of rotatable bonds is 6. The summed E-state index contributed by atoms with van der Waals surface area (Å²) in [7, 11) is 0. The van der Waals surface area contributed by atoms with Gasteiger partial charge in [-0.1, -0.05) is 47.1 Å². The summed E-state index contributed by atoms with van der Waals surface area (Å²) in [4.78, 5) is 4.51. The summed E-state index contributed by atoms with van der Waals surface area (Å²) in [5.41, 5.74) is 0.954. The van der Waals surface area contributed by atoms with Crippen LogP contribution in [0.4, 0.5) is 0 Å². The Hall–Kier alpha value is -1.20. The molecule has 0 amide bonds. The number of halogens is 1. The summed E-state index contributed by atoms with van der Waals surface area (Å²) in [5, 5.41) is 7.53. The fraction of sp³-hybridized carbons (Fsp3) is 0.467. The highest BCUT2D eigenvalue weighted by Gasteiger charge is 2.20. The predicted octanol–water partition coefficient (Wildman–Crippen LogP) is 3.99. The summed E-state index contributed by atoms with van der Waals surface area (Å²) in [6.45, 7) is 7.40. The van der Waals surface area contributed by atoms with Gasteiger partial charge in [0, 0.05) is 16.1 Å². The van der Waals surface area contributed by atoms with Crippen molar-refractivity contribution in [2.75, 3.05) is 6.54 Å². The Morgan fingerprint density at radius 1 is 1.35 bits per heavy atom. The lowest BCUT2D eigenvalue weighted by molar-refractivity contribution is 0.331. The van der Waals surface area contributed by atoms with Gasteiger partial charge in [0.25, 0.3) is 0 Å². The van der Waals surface area contributed by atoms with Crippen molar-refractivity contribution in [1.29, 1.82) is 0 Å². The monoisotopic (exact) mass is 337 g/mol. The second kappa shape index (κ2) is 6.99. The van der Waals surface area contributed by atoms with Crippen LogP contribution in [0.15, 0.2) is 33.3 Å². The fourth-order valence-corrected chi connectivity index (χ4v) is 2.33. The highest BCUT2D eigenvalue weighted by molar-refractivity contribution is 9.10. The van der Waals surface area contributed by atoms with Crippen LogP contribution < -0.4 is 5.32 Å². The van der Waals surface area contributed by atoms with Crippen LogP contribution in [-0.2, 0) is 0 Å². The van der Waals surface area contributed by atoms with E-state index < -0.39 is 0 Å². The molecule has 1 aromatic carbocycles. The summed E-state index contributed by atoms with van der Waals surface area (Å²) >= 11 is 3.45. The van der Waals surface area contributed by atoms with Crippen LogP contribution in [0.2, 0.25) is 0 Å². The summed E-state index contributed by atoms with van der Waals surface area (Å²) in [5.74, 6) is 1.50. The van der Waals surface area contributed by atoms with Gasteiger partial charge in [-0.05, 0) is 32.0 Å². The van der Waals surface area contributed by atoms with E-state index in [2.05, 4.69) is 52.2 Å². The van der Waals surface area contributed by atoms with E-state index in [1.165, 1.54) is 0 Å². The fourth-order valence-electron chi connectivity index (χ4n) is 1.93. The van der Waals surface area contributed by atoms with Crippen molar-refractivity contribution in [2.45, 2.75) is 39.2 Å². The molecule has 5 heteroatoms. The Balaban J connectivity index is 2.12. The highest BCUT2D eigenvalue weighted by Crippen LogP contribution is 2.23. The maximum Gasteiger partial charge on any atom is 0.231 e. The normalized spacial score (nSPS) is 14.2. The van der Waals surface area contributed by atoms with Gasteiger partial charge in [-0.25, -0.2) is 0 Å². The molecular weight excluding hydrogens is 318 g/mol. The van der Waals surface area contributed by atoms with E-state index in [-0.39, 0.29) is 5.92 Å². The first-order chi connectivity index (χ1) is 9.61. The molecule has 0 saturated carbocycles. The molecule has 1 N–H and O–H groups in total. The second-order valence-corrected chi connectivity index (χ2v) is 5.91. The third-order valence-corrected chi connectivity index (χ3v) is 3.87. The molecule has 0 bridgehead atoms. The zero-order chi connectivity index (χ0) is 14.5. The predicted molar refractivity (Wildman–Crippen MR) is 83.6 cm³/mol. The molecule has 108 valence electrons. The van der Waals surface area contributed by atoms with Gasteiger partial charge in [0.05, 0.1) is 5.92 Å². The highest BCUT2D eigenvalue weighted by atomic mass is 79.9. The SMILES string of the molecule is CCCNC(C)C(C)c1nc(-c2cccc(Br)c2)no1. The Kier molecular flexibility index (Phi) is 5.31. The molecule has 0 aliphatic carbocycles. The van der Waals surface area contributed by atoms with Gasteiger partial charge in [0.15, 0.2) is 0 Å². The molecule has 0 saturated heterocycles. The van der Waals surface area contributed by atoms with Gasteiger partial charge in [-0.3, -0.25) is 0 Å². The van der Waals surface area contributed by atoms with E-state index in [0.717, 1.165) is 23.0 Å². The van der Waals surface area contributed by atoms with Crippen molar-refractivity contribution in [1.82, 2.24) is 15.5 Å². The van der Waals surface area contributed by atoms with Crippen molar-refractivity contribution in [3.8, 4) is 11.4 Å². The molecule has 2 rings (SSSR count). The summed E-state index contributed by atoms with van der Waals surface area (Å²) in [6, 6.07) is 8.21. The molecule has 20 heavy (non-hydrogen) atoms. The van der Waals surface area contributed by atoms with Crippen molar-refractivity contribution >= 4 is 15.9 Å². The van der Waals surface area contributed by atoms with Crippen LogP contribution in [-0.4, -0.2) is 22.7 Å². The third-order valence-electron chi connectivity index (χ3n) is 3.38. The standard InChI is InChI=1S/C15H20BrN3O/c1-4-8-17-11(3)10(2)15-18-14(19-20-15)12-6-5-7-13(16)9-12/h5-7,9-11,17H,4,8H2,1-3H3. The van der Waals surface area contributed by atoms with E-state index in [9.17, 15) is 0 Å².